The number of para-hydroxylation sites is 1. The normalized spacial score (nSPS) is 11.2. The van der Waals surface area contributed by atoms with E-state index in [2.05, 4.69) is 52.7 Å². The number of hydrogen-bond acceptors (Lipinski definition) is 5. The standard InChI is InChI=1S/C19H20ClN5/c1-19(2,3)15-9-4-5-10-16(15)23-17-12-21-25-18(24-17)22-14-8-6-7-13(20)11-14/h4-12H,1-3H3,(H2,22,23,24,25). The number of rotatable bonds is 4. The van der Waals surface area contributed by atoms with Crippen molar-refractivity contribution in [1.29, 1.82) is 0 Å². The van der Waals surface area contributed by atoms with E-state index in [4.69, 9.17) is 11.6 Å². The summed E-state index contributed by atoms with van der Waals surface area (Å²) < 4.78 is 0. The van der Waals surface area contributed by atoms with E-state index in [9.17, 15) is 0 Å². The van der Waals surface area contributed by atoms with Crippen LogP contribution >= 0.6 is 11.6 Å². The molecular formula is C19H20ClN5. The zero-order chi connectivity index (χ0) is 17.9. The molecule has 0 radical (unpaired) electrons. The molecule has 2 N–H and O–H groups in total. The minimum atomic E-state index is 0.0198. The Morgan fingerprint density at radius 1 is 0.960 bits per heavy atom. The van der Waals surface area contributed by atoms with E-state index < -0.39 is 0 Å². The number of hydrogen-bond donors (Lipinski definition) is 2. The summed E-state index contributed by atoms with van der Waals surface area (Å²) in [5, 5.41) is 15.1. The van der Waals surface area contributed by atoms with Crippen molar-refractivity contribution < 1.29 is 0 Å². The Labute approximate surface area is 152 Å². The van der Waals surface area contributed by atoms with E-state index >= 15 is 0 Å². The van der Waals surface area contributed by atoms with Crippen LogP contribution in [0.5, 0.6) is 0 Å². The van der Waals surface area contributed by atoms with Crippen LogP contribution in [0, 0.1) is 0 Å². The fourth-order valence-corrected chi connectivity index (χ4v) is 2.69. The second kappa shape index (κ2) is 7.07. The quantitative estimate of drug-likeness (QED) is 0.665. The van der Waals surface area contributed by atoms with Crippen molar-refractivity contribution in [1.82, 2.24) is 15.2 Å². The van der Waals surface area contributed by atoms with Crippen LogP contribution in [-0.2, 0) is 5.41 Å². The number of benzene rings is 2. The molecule has 25 heavy (non-hydrogen) atoms. The van der Waals surface area contributed by atoms with Crippen LogP contribution < -0.4 is 10.6 Å². The largest absolute Gasteiger partial charge is 0.339 e. The lowest BCUT2D eigenvalue weighted by Crippen LogP contribution is -2.14. The van der Waals surface area contributed by atoms with E-state index in [0.29, 0.717) is 16.8 Å². The summed E-state index contributed by atoms with van der Waals surface area (Å²) in [7, 11) is 0. The highest BCUT2D eigenvalue weighted by Gasteiger charge is 2.17. The minimum Gasteiger partial charge on any atom is -0.339 e. The van der Waals surface area contributed by atoms with Crippen molar-refractivity contribution in [2.45, 2.75) is 26.2 Å². The first-order valence-electron chi connectivity index (χ1n) is 8.01. The van der Waals surface area contributed by atoms with Gasteiger partial charge in [-0.25, -0.2) is 0 Å². The summed E-state index contributed by atoms with van der Waals surface area (Å²) in [5.74, 6) is 1.02. The van der Waals surface area contributed by atoms with Gasteiger partial charge in [-0.3, -0.25) is 0 Å². The van der Waals surface area contributed by atoms with Crippen LogP contribution in [0.4, 0.5) is 23.1 Å². The molecule has 1 aromatic heterocycles. The lowest BCUT2D eigenvalue weighted by atomic mass is 9.86. The van der Waals surface area contributed by atoms with Gasteiger partial charge in [0.05, 0.1) is 6.20 Å². The molecule has 0 aliphatic heterocycles. The SMILES string of the molecule is CC(C)(C)c1ccccc1Nc1cnnc(Nc2cccc(Cl)c2)n1. The zero-order valence-corrected chi connectivity index (χ0v) is 15.2. The van der Waals surface area contributed by atoms with Crippen LogP contribution in [0.15, 0.2) is 54.7 Å². The fraction of sp³-hybridized carbons (Fsp3) is 0.211. The second-order valence-electron chi connectivity index (χ2n) is 6.72. The molecule has 0 spiro atoms. The third-order valence-corrected chi connectivity index (χ3v) is 3.87. The third-order valence-electron chi connectivity index (χ3n) is 3.64. The molecular weight excluding hydrogens is 334 g/mol. The Hall–Kier alpha value is -2.66. The molecule has 0 aliphatic carbocycles. The van der Waals surface area contributed by atoms with Crippen molar-refractivity contribution in [3.63, 3.8) is 0 Å². The Bertz CT molecular complexity index is 873. The molecule has 3 rings (SSSR count). The van der Waals surface area contributed by atoms with Gasteiger partial charge in [-0.1, -0.05) is 56.6 Å². The summed E-state index contributed by atoms with van der Waals surface area (Å²) in [6.45, 7) is 6.54. The van der Waals surface area contributed by atoms with Crippen molar-refractivity contribution in [2.75, 3.05) is 10.6 Å². The van der Waals surface area contributed by atoms with Crippen LogP contribution in [0.1, 0.15) is 26.3 Å². The molecule has 5 nitrogen and oxygen atoms in total. The molecule has 0 atom stereocenters. The average molecular weight is 354 g/mol. The number of aromatic nitrogens is 3. The van der Waals surface area contributed by atoms with Gasteiger partial charge in [0.25, 0.3) is 0 Å². The molecule has 0 bridgehead atoms. The summed E-state index contributed by atoms with van der Waals surface area (Å²) in [4.78, 5) is 4.48. The summed E-state index contributed by atoms with van der Waals surface area (Å²) in [6.07, 6.45) is 1.60. The monoisotopic (exact) mass is 353 g/mol. The highest BCUT2D eigenvalue weighted by atomic mass is 35.5. The van der Waals surface area contributed by atoms with Gasteiger partial charge in [0.1, 0.15) is 0 Å². The molecule has 2 aromatic carbocycles. The fourth-order valence-electron chi connectivity index (χ4n) is 2.50. The van der Waals surface area contributed by atoms with E-state index in [0.717, 1.165) is 11.4 Å². The second-order valence-corrected chi connectivity index (χ2v) is 7.16. The maximum atomic E-state index is 6.00. The van der Waals surface area contributed by atoms with E-state index in [1.807, 2.05) is 36.4 Å². The van der Waals surface area contributed by atoms with Gasteiger partial charge in [0, 0.05) is 16.4 Å². The molecule has 0 fully saturated rings. The molecule has 0 unspecified atom stereocenters. The van der Waals surface area contributed by atoms with Gasteiger partial charge < -0.3 is 10.6 Å². The van der Waals surface area contributed by atoms with Gasteiger partial charge in [-0.05, 0) is 35.2 Å². The third kappa shape index (κ3) is 4.45. The van der Waals surface area contributed by atoms with Crippen molar-refractivity contribution >= 4 is 34.7 Å². The topological polar surface area (TPSA) is 62.7 Å². The average Bonchev–Trinajstić information content (AvgIpc) is 2.55. The Morgan fingerprint density at radius 3 is 2.52 bits per heavy atom. The summed E-state index contributed by atoms with van der Waals surface area (Å²) in [5.41, 5.74) is 3.04. The van der Waals surface area contributed by atoms with Crippen molar-refractivity contribution in [2.24, 2.45) is 0 Å². The summed E-state index contributed by atoms with van der Waals surface area (Å²) in [6, 6.07) is 15.6. The smallest absolute Gasteiger partial charge is 0.249 e. The first kappa shape index (κ1) is 17.2. The van der Waals surface area contributed by atoms with Crippen molar-refractivity contribution in [3.05, 3.63) is 65.3 Å². The Balaban J connectivity index is 1.83. The summed E-state index contributed by atoms with van der Waals surface area (Å²) >= 11 is 6.00. The first-order valence-corrected chi connectivity index (χ1v) is 8.38. The maximum Gasteiger partial charge on any atom is 0.249 e. The van der Waals surface area contributed by atoms with Gasteiger partial charge in [-0.2, -0.15) is 10.1 Å². The molecule has 1 heterocycles. The molecule has 0 aliphatic rings. The number of nitrogens with one attached hydrogen (secondary N) is 2. The molecule has 128 valence electrons. The van der Waals surface area contributed by atoms with Gasteiger partial charge in [-0.15, -0.1) is 5.10 Å². The van der Waals surface area contributed by atoms with Gasteiger partial charge >= 0.3 is 0 Å². The minimum absolute atomic E-state index is 0.0198. The molecule has 0 amide bonds. The number of nitrogens with zero attached hydrogens (tertiary/aromatic N) is 3. The van der Waals surface area contributed by atoms with Crippen LogP contribution in [-0.4, -0.2) is 15.2 Å². The van der Waals surface area contributed by atoms with Gasteiger partial charge in [0.15, 0.2) is 5.82 Å². The van der Waals surface area contributed by atoms with Crippen LogP contribution in [0.25, 0.3) is 0 Å². The number of anilines is 4. The molecule has 3 aromatic rings. The lowest BCUT2D eigenvalue weighted by molar-refractivity contribution is 0.592. The highest BCUT2D eigenvalue weighted by molar-refractivity contribution is 6.30. The van der Waals surface area contributed by atoms with Gasteiger partial charge in [0.2, 0.25) is 5.95 Å². The predicted molar refractivity (Wildman–Crippen MR) is 103 cm³/mol. The van der Waals surface area contributed by atoms with Crippen LogP contribution in [0.2, 0.25) is 5.02 Å². The first-order chi connectivity index (χ1) is 11.9. The highest BCUT2D eigenvalue weighted by Crippen LogP contribution is 2.30. The zero-order valence-electron chi connectivity index (χ0n) is 14.4. The Kier molecular flexibility index (Phi) is 4.86. The lowest BCUT2D eigenvalue weighted by Gasteiger charge is -2.23. The maximum absolute atomic E-state index is 6.00. The Morgan fingerprint density at radius 2 is 1.76 bits per heavy atom. The van der Waals surface area contributed by atoms with E-state index in [1.165, 1.54) is 5.56 Å². The molecule has 6 heteroatoms. The van der Waals surface area contributed by atoms with E-state index in [-0.39, 0.29) is 5.41 Å². The van der Waals surface area contributed by atoms with Crippen LogP contribution in [0.3, 0.4) is 0 Å². The molecule has 0 saturated heterocycles. The van der Waals surface area contributed by atoms with E-state index in [1.54, 1.807) is 12.3 Å². The number of halogens is 1. The predicted octanol–water partition coefficient (Wildman–Crippen LogP) is 5.31. The van der Waals surface area contributed by atoms with Crippen molar-refractivity contribution in [3.8, 4) is 0 Å². The molecule has 0 saturated carbocycles.